The zero-order valence-corrected chi connectivity index (χ0v) is 19.8. The molecule has 0 aliphatic heterocycles. The highest BCUT2D eigenvalue weighted by atomic mass is 35.5. The highest BCUT2D eigenvalue weighted by molar-refractivity contribution is 6.30. The van der Waals surface area contributed by atoms with E-state index in [0.717, 1.165) is 12.0 Å². The summed E-state index contributed by atoms with van der Waals surface area (Å²) >= 11 is 6.01. The molecular weight excluding hydrogens is 455 g/mol. The maximum atomic E-state index is 14.5. The Bertz CT molecular complexity index is 1090. The number of carbonyl (C=O) groups excluding carboxylic acids is 2. The first-order chi connectivity index (χ1) is 16.5. The lowest BCUT2D eigenvalue weighted by atomic mass is 10.0. The number of hydrogen-bond donors (Lipinski definition) is 1. The number of nitrogens with zero attached hydrogens (tertiary/aromatic N) is 1. The van der Waals surface area contributed by atoms with Crippen LogP contribution in [0.2, 0.25) is 5.02 Å². The van der Waals surface area contributed by atoms with Gasteiger partial charge in [-0.05, 0) is 36.2 Å². The lowest BCUT2D eigenvalue weighted by molar-refractivity contribution is -0.142. The standard InChI is InChI=1S/C27H28ClFN2O3/c1-2-15-30-27(33)25(16-20-9-4-3-5-10-20)31(18-21-11-6-7-14-24(21)29)26(32)19-34-23-13-8-12-22(28)17-23/h3-14,17,25H,2,15-16,18-19H2,1H3,(H,30,33). The van der Waals surface area contributed by atoms with Crippen molar-refractivity contribution in [3.8, 4) is 5.75 Å². The predicted octanol–water partition coefficient (Wildman–Crippen LogP) is 5.02. The average molecular weight is 483 g/mol. The van der Waals surface area contributed by atoms with Crippen LogP contribution in [0.1, 0.15) is 24.5 Å². The second kappa shape index (κ2) is 12.8. The van der Waals surface area contributed by atoms with E-state index >= 15 is 0 Å². The third kappa shape index (κ3) is 7.32. The van der Waals surface area contributed by atoms with E-state index in [2.05, 4.69) is 5.32 Å². The van der Waals surface area contributed by atoms with E-state index in [0.29, 0.717) is 22.9 Å². The summed E-state index contributed by atoms with van der Waals surface area (Å²) in [6.07, 6.45) is 1.04. The first-order valence-electron chi connectivity index (χ1n) is 11.2. The van der Waals surface area contributed by atoms with Crippen LogP contribution in [0.5, 0.6) is 5.75 Å². The molecule has 2 amide bonds. The maximum absolute atomic E-state index is 14.5. The van der Waals surface area contributed by atoms with Crippen LogP contribution >= 0.6 is 11.6 Å². The van der Waals surface area contributed by atoms with Crippen molar-refractivity contribution in [1.29, 1.82) is 0 Å². The normalized spacial score (nSPS) is 11.5. The van der Waals surface area contributed by atoms with Crippen LogP contribution in [0.3, 0.4) is 0 Å². The number of hydrogen-bond acceptors (Lipinski definition) is 3. The van der Waals surface area contributed by atoms with Crippen LogP contribution in [0.15, 0.2) is 78.9 Å². The molecule has 0 aromatic heterocycles. The lowest BCUT2D eigenvalue weighted by Crippen LogP contribution is -2.51. The Labute approximate surface area is 204 Å². The third-order valence-corrected chi connectivity index (χ3v) is 5.51. The predicted molar refractivity (Wildman–Crippen MR) is 131 cm³/mol. The molecule has 1 N–H and O–H groups in total. The van der Waals surface area contributed by atoms with Gasteiger partial charge < -0.3 is 15.0 Å². The van der Waals surface area contributed by atoms with Crippen molar-refractivity contribution in [2.75, 3.05) is 13.2 Å². The van der Waals surface area contributed by atoms with E-state index < -0.39 is 17.8 Å². The SMILES string of the molecule is CCCNC(=O)C(Cc1ccccc1)N(Cc1ccccc1F)C(=O)COc1cccc(Cl)c1. The molecule has 1 atom stereocenters. The summed E-state index contributed by atoms with van der Waals surface area (Å²) in [4.78, 5) is 28.0. The largest absolute Gasteiger partial charge is 0.484 e. The van der Waals surface area contributed by atoms with Gasteiger partial charge in [0.15, 0.2) is 6.61 Å². The van der Waals surface area contributed by atoms with Crippen LogP contribution in [-0.2, 0) is 22.6 Å². The molecule has 0 aliphatic carbocycles. The molecule has 5 nitrogen and oxygen atoms in total. The topological polar surface area (TPSA) is 58.6 Å². The number of halogens is 2. The molecule has 3 aromatic carbocycles. The second-order valence-electron chi connectivity index (χ2n) is 7.86. The Hall–Kier alpha value is -3.38. The quantitative estimate of drug-likeness (QED) is 0.417. The Morgan fingerprint density at radius 1 is 1.03 bits per heavy atom. The highest BCUT2D eigenvalue weighted by Gasteiger charge is 2.31. The van der Waals surface area contributed by atoms with Crippen molar-refractivity contribution < 1.29 is 18.7 Å². The van der Waals surface area contributed by atoms with E-state index in [9.17, 15) is 14.0 Å². The van der Waals surface area contributed by atoms with Crippen molar-refractivity contribution in [3.63, 3.8) is 0 Å². The summed E-state index contributed by atoms with van der Waals surface area (Å²) in [6, 6.07) is 21.5. The summed E-state index contributed by atoms with van der Waals surface area (Å²) in [5, 5.41) is 3.37. The summed E-state index contributed by atoms with van der Waals surface area (Å²) < 4.78 is 20.2. The van der Waals surface area contributed by atoms with Crippen LogP contribution in [0, 0.1) is 5.82 Å². The number of ether oxygens (including phenoxy) is 1. The second-order valence-corrected chi connectivity index (χ2v) is 8.29. The van der Waals surface area contributed by atoms with E-state index in [4.69, 9.17) is 16.3 Å². The minimum Gasteiger partial charge on any atom is -0.484 e. The molecule has 0 saturated carbocycles. The fourth-order valence-electron chi connectivity index (χ4n) is 3.51. The van der Waals surface area contributed by atoms with Crippen molar-refractivity contribution in [2.45, 2.75) is 32.4 Å². The lowest BCUT2D eigenvalue weighted by Gasteiger charge is -2.31. The molecule has 0 aliphatic rings. The zero-order valence-electron chi connectivity index (χ0n) is 19.0. The molecule has 1 unspecified atom stereocenters. The van der Waals surface area contributed by atoms with Crippen LogP contribution in [0.25, 0.3) is 0 Å². The Kier molecular flexibility index (Phi) is 9.47. The van der Waals surface area contributed by atoms with Gasteiger partial charge in [0, 0.05) is 30.1 Å². The number of carbonyl (C=O) groups is 2. The van der Waals surface area contributed by atoms with Crippen LogP contribution in [0.4, 0.5) is 4.39 Å². The van der Waals surface area contributed by atoms with Gasteiger partial charge in [0.05, 0.1) is 0 Å². The minimum absolute atomic E-state index is 0.0680. The van der Waals surface area contributed by atoms with Gasteiger partial charge in [0.25, 0.3) is 5.91 Å². The fraction of sp³-hybridized carbons (Fsp3) is 0.259. The van der Waals surface area contributed by atoms with Gasteiger partial charge in [0.2, 0.25) is 5.91 Å². The Morgan fingerprint density at radius 2 is 1.76 bits per heavy atom. The number of nitrogens with one attached hydrogen (secondary N) is 1. The molecule has 7 heteroatoms. The molecule has 178 valence electrons. The van der Waals surface area contributed by atoms with E-state index in [-0.39, 0.29) is 25.5 Å². The average Bonchev–Trinajstić information content (AvgIpc) is 2.85. The van der Waals surface area contributed by atoms with Crippen molar-refractivity contribution in [3.05, 3.63) is 101 Å². The molecule has 3 rings (SSSR count). The van der Waals surface area contributed by atoms with Crippen molar-refractivity contribution in [1.82, 2.24) is 10.2 Å². The number of rotatable bonds is 11. The first-order valence-corrected chi connectivity index (χ1v) is 11.6. The van der Waals surface area contributed by atoms with Crippen LogP contribution in [-0.4, -0.2) is 35.9 Å². The summed E-state index contributed by atoms with van der Waals surface area (Å²) in [5.74, 6) is -0.737. The van der Waals surface area contributed by atoms with E-state index in [1.807, 2.05) is 37.3 Å². The van der Waals surface area contributed by atoms with Gasteiger partial charge in [-0.2, -0.15) is 0 Å². The Balaban J connectivity index is 1.90. The van der Waals surface area contributed by atoms with Gasteiger partial charge in [-0.3, -0.25) is 9.59 Å². The number of benzene rings is 3. The Morgan fingerprint density at radius 3 is 2.47 bits per heavy atom. The fourth-order valence-corrected chi connectivity index (χ4v) is 3.70. The highest BCUT2D eigenvalue weighted by Crippen LogP contribution is 2.19. The maximum Gasteiger partial charge on any atom is 0.261 e. The molecule has 0 saturated heterocycles. The molecule has 0 heterocycles. The first kappa shape index (κ1) is 25.2. The van der Waals surface area contributed by atoms with Crippen LogP contribution < -0.4 is 10.1 Å². The summed E-state index contributed by atoms with van der Waals surface area (Å²) in [7, 11) is 0. The molecular formula is C27H28ClFN2O3. The third-order valence-electron chi connectivity index (χ3n) is 5.28. The zero-order chi connectivity index (χ0) is 24.3. The summed E-state index contributed by atoms with van der Waals surface area (Å²) in [5.41, 5.74) is 1.21. The molecule has 3 aromatic rings. The van der Waals surface area contributed by atoms with Gasteiger partial charge >= 0.3 is 0 Å². The van der Waals surface area contributed by atoms with Gasteiger partial charge in [-0.25, -0.2) is 4.39 Å². The smallest absolute Gasteiger partial charge is 0.261 e. The van der Waals surface area contributed by atoms with Crippen molar-refractivity contribution in [2.24, 2.45) is 0 Å². The van der Waals surface area contributed by atoms with Crippen molar-refractivity contribution >= 4 is 23.4 Å². The molecule has 0 spiro atoms. The summed E-state index contributed by atoms with van der Waals surface area (Å²) in [6.45, 7) is 2.04. The molecule has 34 heavy (non-hydrogen) atoms. The van der Waals surface area contributed by atoms with Gasteiger partial charge in [0.1, 0.15) is 17.6 Å². The van der Waals surface area contributed by atoms with Gasteiger partial charge in [-0.15, -0.1) is 0 Å². The molecule has 0 fully saturated rings. The number of amides is 2. The monoisotopic (exact) mass is 482 g/mol. The minimum atomic E-state index is -0.844. The molecule has 0 radical (unpaired) electrons. The van der Waals surface area contributed by atoms with E-state index in [1.54, 1.807) is 42.5 Å². The van der Waals surface area contributed by atoms with Gasteiger partial charge in [-0.1, -0.05) is 73.1 Å². The molecule has 0 bridgehead atoms. The van der Waals surface area contributed by atoms with E-state index in [1.165, 1.54) is 11.0 Å².